The molecule has 1 N–H and O–H groups in total. The molecule has 0 aromatic carbocycles. The lowest BCUT2D eigenvalue weighted by molar-refractivity contribution is -0.149. The first-order chi connectivity index (χ1) is 5.54. The molecule has 0 aromatic heterocycles. The minimum absolute atomic E-state index is 0.230. The summed E-state index contributed by atoms with van der Waals surface area (Å²) in [5.74, 6) is -0.230. The van der Waals surface area contributed by atoms with Gasteiger partial charge in [0.2, 0.25) is 0 Å². The van der Waals surface area contributed by atoms with Gasteiger partial charge in [0.05, 0.1) is 6.61 Å². The molecule has 0 radical (unpaired) electrons. The van der Waals surface area contributed by atoms with E-state index in [4.69, 9.17) is 4.74 Å². The maximum absolute atomic E-state index is 11.3. The van der Waals surface area contributed by atoms with Crippen LogP contribution in [0.15, 0.2) is 12.7 Å². The summed E-state index contributed by atoms with van der Waals surface area (Å²) in [5, 5.41) is 3.00. The van der Waals surface area contributed by atoms with Crippen molar-refractivity contribution >= 4 is 5.97 Å². The number of ether oxygens (including phenoxy) is 1. The fraction of sp³-hybridized carbons (Fsp3) is 0.667. The van der Waals surface area contributed by atoms with Gasteiger partial charge >= 0.3 is 5.97 Å². The molecule has 3 nitrogen and oxygen atoms in total. The predicted molar refractivity (Wildman–Crippen MR) is 48.9 cm³/mol. The molecule has 0 unspecified atom stereocenters. The molecule has 0 aromatic rings. The smallest absolute Gasteiger partial charge is 0.325 e. The zero-order valence-electron chi connectivity index (χ0n) is 8.02. The molecule has 0 bridgehead atoms. The zero-order chi connectivity index (χ0) is 9.61. The summed E-state index contributed by atoms with van der Waals surface area (Å²) in [7, 11) is 0. The van der Waals surface area contributed by atoms with Crippen molar-refractivity contribution in [2.24, 2.45) is 0 Å². The number of nitrogens with one attached hydrogen (secondary N) is 1. The lowest BCUT2D eigenvalue weighted by Gasteiger charge is -2.22. The summed E-state index contributed by atoms with van der Waals surface area (Å²) in [6.07, 6.45) is 1.71. The number of hydrogen-bond acceptors (Lipinski definition) is 3. The van der Waals surface area contributed by atoms with Crippen molar-refractivity contribution in [3.05, 3.63) is 12.7 Å². The van der Waals surface area contributed by atoms with Gasteiger partial charge in [-0.05, 0) is 20.8 Å². The molecule has 3 heteroatoms. The Hall–Kier alpha value is -0.830. The summed E-state index contributed by atoms with van der Waals surface area (Å²) in [6.45, 7) is 9.94. The minimum Gasteiger partial charge on any atom is -0.465 e. The third-order valence-electron chi connectivity index (χ3n) is 1.47. The van der Waals surface area contributed by atoms with E-state index in [1.807, 2.05) is 0 Å². The molecule has 0 aliphatic carbocycles. The van der Waals surface area contributed by atoms with Gasteiger partial charge in [-0.15, -0.1) is 6.58 Å². The average Bonchev–Trinajstić information content (AvgIpc) is 2.01. The van der Waals surface area contributed by atoms with Crippen LogP contribution < -0.4 is 5.32 Å². The molecule has 0 aliphatic rings. The summed E-state index contributed by atoms with van der Waals surface area (Å²) in [4.78, 5) is 11.3. The normalized spacial score (nSPS) is 10.9. The van der Waals surface area contributed by atoms with Gasteiger partial charge < -0.3 is 4.74 Å². The van der Waals surface area contributed by atoms with Crippen LogP contribution in [0.5, 0.6) is 0 Å². The van der Waals surface area contributed by atoms with E-state index in [0.717, 1.165) is 0 Å². The van der Waals surface area contributed by atoms with E-state index in [0.29, 0.717) is 13.2 Å². The first-order valence-corrected chi connectivity index (χ1v) is 4.07. The van der Waals surface area contributed by atoms with Gasteiger partial charge in [-0.2, -0.15) is 0 Å². The Balaban J connectivity index is 3.98. The van der Waals surface area contributed by atoms with Gasteiger partial charge in [0.25, 0.3) is 0 Å². The maximum Gasteiger partial charge on any atom is 0.325 e. The number of carbonyl (C=O) groups excluding carboxylic acids is 1. The highest BCUT2D eigenvalue weighted by atomic mass is 16.5. The van der Waals surface area contributed by atoms with Crippen molar-refractivity contribution in [2.75, 3.05) is 13.2 Å². The Labute approximate surface area is 73.8 Å². The Bertz CT molecular complexity index is 164. The third-order valence-corrected chi connectivity index (χ3v) is 1.47. The summed E-state index contributed by atoms with van der Waals surface area (Å²) in [6, 6.07) is 0. The Morgan fingerprint density at radius 3 is 2.67 bits per heavy atom. The summed E-state index contributed by atoms with van der Waals surface area (Å²) >= 11 is 0. The average molecular weight is 171 g/mol. The van der Waals surface area contributed by atoms with Crippen LogP contribution in [0, 0.1) is 0 Å². The molecule has 0 heterocycles. The minimum atomic E-state index is -0.621. The van der Waals surface area contributed by atoms with Crippen molar-refractivity contribution in [3.8, 4) is 0 Å². The molecule has 0 amide bonds. The fourth-order valence-electron chi connectivity index (χ4n) is 0.711. The van der Waals surface area contributed by atoms with Gasteiger partial charge in [-0.25, -0.2) is 0 Å². The van der Waals surface area contributed by atoms with E-state index in [-0.39, 0.29) is 5.97 Å². The van der Waals surface area contributed by atoms with Gasteiger partial charge in [0.1, 0.15) is 5.54 Å². The van der Waals surface area contributed by atoms with Gasteiger partial charge in [0.15, 0.2) is 0 Å². The topological polar surface area (TPSA) is 38.3 Å². The lowest BCUT2D eigenvalue weighted by atomic mass is 10.1. The molecular weight excluding hydrogens is 154 g/mol. The van der Waals surface area contributed by atoms with Crippen molar-refractivity contribution in [1.82, 2.24) is 5.32 Å². The Morgan fingerprint density at radius 2 is 2.25 bits per heavy atom. The van der Waals surface area contributed by atoms with E-state index in [9.17, 15) is 4.79 Å². The molecule has 0 fully saturated rings. The van der Waals surface area contributed by atoms with Crippen molar-refractivity contribution in [2.45, 2.75) is 26.3 Å². The second-order valence-electron chi connectivity index (χ2n) is 3.02. The summed E-state index contributed by atoms with van der Waals surface area (Å²) in [5.41, 5.74) is -0.621. The summed E-state index contributed by atoms with van der Waals surface area (Å²) < 4.78 is 4.87. The van der Waals surface area contributed by atoms with E-state index in [2.05, 4.69) is 11.9 Å². The van der Waals surface area contributed by atoms with E-state index < -0.39 is 5.54 Å². The first-order valence-electron chi connectivity index (χ1n) is 4.07. The molecule has 0 rings (SSSR count). The lowest BCUT2D eigenvalue weighted by Crippen LogP contribution is -2.47. The van der Waals surface area contributed by atoms with Crippen LogP contribution in [0.2, 0.25) is 0 Å². The largest absolute Gasteiger partial charge is 0.465 e. The molecule has 0 atom stereocenters. The van der Waals surface area contributed by atoms with E-state index in [1.165, 1.54) is 0 Å². The maximum atomic E-state index is 11.3. The van der Waals surface area contributed by atoms with Gasteiger partial charge in [-0.1, -0.05) is 6.08 Å². The second-order valence-corrected chi connectivity index (χ2v) is 3.02. The zero-order valence-corrected chi connectivity index (χ0v) is 8.02. The van der Waals surface area contributed by atoms with E-state index in [1.54, 1.807) is 26.8 Å². The SMILES string of the molecule is C=CCNC(C)(C)C(=O)OCC. The molecule has 12 heavy (non-hydrogen) atoms. The number of carbonyl (C=O) groups is 1. The molecule has 70 valence electrons. The highest BCUT2D eigenvalue weighted by Crippen LogP contribution is 2.04. The third kappa shape index (κ3) is 3.53. The number of rotatable bonds is 5. The predicted octanol–water partition coefficient (Wildman–Crippen LogP) is 1.10. The standard InChI is InChI=1S/C9H17NO2/c1-5-7-10-9(3,4)8(11)12-6-2/h5,10H,1,6-7H2,2-4H3. The molecule has 0 saturated heterocycles. The molecule has 0 spiro atoms. The van der Waals surface area contributed by atoms with Crippen LogP contribution in [0.25, 0.3) is 0 Å². The van der Waals surface area contributed by atoms with E-state index >= 15 is 0 Å². The number of hydrogen-bond donors (Lipinski definition) is 1. The van der Waals surface area contributed by atoms with Crippen LogP contribution >= 0.6 is 0 Å². The van der Waals surface area contributed by atoms with Crippen LogP contribution in [0.3, 0.4) is 0 Å². The molecule has 0 saturated carbocycles. The Morgan fingerprint density at radius 1 is 1.67 bits per heavy atom. The van der Waals surface area contributed by atoms with Crippen LogP contribution in [-0.2, 0) is 9.53 Å². The first kappa shape index (κ1) is 11.2. The van der Waals surface area contributed by atoms with Crippen LogP contribution in [-0.4, -0.2) is 24.7 Å². The highest BCUT2D eigenvalue weighted by Gasteiger charge is 2.27. The van der Waals surface area contributed by atoms with Crippen molar-refractivity contribution in [3.63, 3.8) is 0 Å². The Kier molecular flexibility index (Phi) is 4.59. The van der Waals surface area contributed by atoms with Crippen LogP contribution in [0.4, 0.5) is 0 Å². The fourth-order valence-corrected chi connectivity index (χ4v) is 0.711. The second kappa shape index (κ2) is 4.93. The monoisotopic (exact) mass is 171 g/mol. The highest BCUT2D eigenvalue weighted by molar-refractivity contribution is 5.79. The quantitative estimate of drug-likeness (QED) is 0.497. The number of esters is 1. The van der Waals surface area contributed by atoms with Crippen LogP contribution in [0.1, 0.15) is 20.8 Å². The molecular formula is C9H17NO2. The van der Waals surface area contributed by atoms with Crippen molar-refractivity contribution < 1.29 is 9.53 Å². The van der Waals surface area contributed by atoms with Gasteiger partial charge in [-0.3, -0.25) is 10.1 Å². The van der Waals surface area contributed by atoms with Gasteiger partial charge in [0, 0.05) is 6.54 Å². The van der Waals surface area contributed by atoms with Crippen molar-refractivity contribution in [1.29, 1.82) is 0 Å². The molecule has 0 aliphatic heterocycles.